The van der Waals surface area contributed by atoms with Crippen LogP contribution in [0.2, 0.25) is 5.02 Å². The Kier molecular flexibility index (Phi) is 5.86. The van der Waals surface area contributed by atoms with Crippen LogP contribution in [0.4, 0.5) is 5.69 Å². The van der Waals surface area contributed by atoms with Gasteiger partial charge in [-0.1, -0.05) is 35.5 Å². The van der Waals surface area contributed by atoms with Crippen molar-refractivity contribution < 1.29 is 9.53 Å². The van der Waals surface area contributed by atoms with E-state index in [9.17, 15) is 9.59 Å². The van der Waals surface area contributed by atoms with E-state index in [1.54, 1.807) is 24.3 Å². The van der Waals surface area contributed by atoms with Gasteiger partial charge in [0.05, 0.1) is 21.3 Å². The zero-order chi connectivity index (χ0) is 22.9. The normalized spacial score (nSPS) is 14.4. The first-order valence-electron chi connectivity index (χ1n) is 10.5. The lowest BCUT2D eigenvalue weighted by Crippen LogP contribution is -2.23. The van der Waals surface area contributed by atoms with Gasteiger partial charge in [0.1, 0.15) is 12.4 Å². The van der Waals surface area contributed by atoms with Crippen molar-refractivity contribution in [2.24, 2.45) is 0 Å². The van der Waals surface area contributed by atoms with Crippen LogP contribution in [0.3, 0.4) is 0 Å². The molecule has 1 fully saturated rings. The molecule has 33 heavy (non-hydrogen) atoms. The molecule has 1 aliphatic rings. The maximum Gasteiger partial charge on any atom is 0.323 e. The summed E-state index contributed by atoms with van der Waals surface area (Å²) >= 11 is 7.53. The van der Waals surface area contributed by atoms with Crippen molar-refractivity contribution in [3.05, 3.63) is 63.8 Å². The molecule has 11 heteroatoms. The Morgan fingerprint density at radius 3 is 2.82 bits per heavy atom. The Balaban J connectivity index is 1.27. The smallest absolute Gasteiger partial charge is 0.323 e. The summed E-state index contributed by atoms with van der Waals surface area (Å²) in [5, 5.41) is 12.3. The summed E-state index contributed by atoms with van der Waals surface area (Å²) in [6.07, 6.45) is 2.08. The van der Waals surface area contributed by atoms with E-state index in [0.29, 0.717) is 44.5 Å². The van der Waals surface area contributed by atoms with E-state index < -0.39 is 5.25 Å². The Morgan fingerprint density at radius 2 is 2.03 bits per heavy atom. The average Bonchev–Trinajstić information content (AvgIpc) is 3.44. The van der Waals surface area contributed by atoms with Crippen molar-refractivity contribution in [3.63, 3.8) is 0 Å². The van der Waals surface area contributed by atoms with E-state index >= 15 is 0 Å². The third-order valence-corrected chi connectivity index (χ3v) is 6.64. The van der Waals surface area contributed by atoms with Gasteiger partial charge in [0.2, 0.25) is 5.91 Å². The second-order valence-electron chi connectivity index (χ2n) is 7.81. The molecule has 1 amide bonds. The maximum absolute atomic E-state index is 12.8. The molecule has 4 aromatic rings. The fraction of sp³-hybridized carbons (Fsp3) is 0.273. The number of carbonyl (C=O) groups is 1. The van der Waals surface area contributed by atoms with Gasteiger partial charge in [-0.3, -0.25) is 9.36 Å². The first-order chi connectivity index (χ1) is 16.0. The lowest BCUT2D eigenvalue weighted by Gasteiger charge is -2.14. The largest absolute Gasteiger partial charge is 0.484 e. The lowest BCUT2D eigenvalue weighted by atomic mass is 10.2. The number of hydrogen-bond acceptors (Lipinski definition) is 6. The molecule has 0 saturated heterocycles. The topological polar surface area (TPSA) is 118 Å². The number of halogens is 1. The number of para-hydroxylation sites is 1. The van der Waals surface area contributed by atoms with Crippen LogP contribution in [-0.2, 0) is 11.4 Å². The Labute approximate surface area is 197 Å². The molecule has 2 aromatic heterocycles. The SMILES string of the molecule is C[C@H](Sc1nnc(COc2ccccc2Cl)n1C1CC1)C(=O)Nc1ccc2[nH]c(=O)[nH]c2c1. The van der Waals surface area contributed by atoms with Gasteiger partial charge in [-0.2, -0.15) is 0 Å². The summed E-state index contributed by atoms with van der Waals surface area (Å²) in [5.74, 6) is 1.12. The summed E-state index contributed by atoms with van der Waals surface area (Å²) in [4.78, 5) is 29.6. The molecular weight excluding hydrogens is 464 g/mol. The zero-order valence-corrected chi connectivity index (χ0v) is 19.2. The van der Waals surface area contributed by atoms with Gasteiger partial charge in [-0.25, -0.2) is 4.79 Å². The van der Waals surface area contributed by atoms with E-state index in [-0.39, 0.29) is 18.2 Å². The highest BCUT2D eigenvalue weighted by molar-refractivity contribution is 8.00. The Bertz CT molecular complexity index is 1380. The number of hydrogen-bond donors (Lipinski definition) is 3. The highest BCUT2D eigenvalue weighted by atomic mass is 35.5. The molecule has 0 radical (unpaired) electrons. The minimum atomic E-state index is -0.412. The fourth-order valence-electron chi connectivity index (χ4n) is 3.46. The molecule has 0 unspecified atom stereocenters. The van der Waals surface area contributed by atoms with Gasteiger partial charge in [-0.05, 0) is 50.1 Å². The summed E-state index contributed by atoms with van der Waals surface area (Å²) in [6.45, 7) is 2.06. The van der Waals surface area contributed by atoms with Gasteiger partial charge >= 0.3 is 5.69 Å². The number of amides is 1. The Morgan fingerprint density at radius 1 is 1.24 bits per heavy atom. The molecule has 9 nitrogen and oxygen atoms in total. The number of imidazole rings is 1. The van der Waals surface area contributed by atoms with Crippen LogP contribution in [0.25, 0.3) is 11.0 Å². The summed E-state index contributed by atoms with van der Waals surface area (Å²) < 4.78 is 7.91. The quantitative estimate of drug-likeness (QED) is 0.323. The van der Waals surface area contributed by atoms with Crippen molar-refractivity contribution in [2.75, 3.05) is 5.32 Å². The summed E-state index contributed by atoms with van der Waals surface area (Å²) in [7, 11) is 0. The molecule has 2 aromatic carbocycles. The molecule has 1 aliphatic carbocycles. The van der Waals surface area contributed by atoms with Crippen molar-refractivity contribution in [1.29, 1.82) is 0 Å². The highest BCUT2D eigenvalue weighted by Gasteiger charge is 2.31. The van der Waals surface area contributed by atoms with Crippen molar-refractivity contribution in [1.82, 2.24) is 24.7 Å². The van der Waals surface area contributed by atoms with Crippen molar-refractivity contribution in [2.45, 2.75) is 42.8 Å². The molecule has 0 spiro atoms. The van der Waals surface area contributed by atoms with Gasteiger partial charge in [0.25, 0.3) is 0 Å². The van der Waals surface area contributed by atoms with Crippen molar-refractivity contribution in [3.8, 4) is 5.75 Å². The van der Waals surface area contributed by atoms with Crippen molar-refractivity contribution >= 4 is 46.0 Å². The molecule has 2 heterocycles. The van der Waals surface area contributed by atoms with Gasteiger partial charge in [-0.15, -0.1) is 10.2 Å². The molecule has 0 bridgehead atoms. The summed E-state index contributed by atoms with van der Waals surface area (Å²) in [5.41, 5.74) is 1.64. The zero-order valence-electron chi connectivity index (χ0n) is 17.7. The number of fused-ring (bicyclic) bond motifs is 1. The second kappa shape index (κ2) is 8.95. The van der Waals surface area contributed by atoms with Crippen LogP contribution in [0, 0.1) is 0 Å². The average molecular weight is 485 g/mol. The molecule has 5 rings (SSSR count). The molecule has 3 N–H and O–H groups in total. The highest BCUT2D eigenvalue weighted by Crippen LogP contribution is 2.40. The minimum Gasteiger partial charge on any atom is -0.484 e. The number of nitrogens with one attached hydrogen (secondary N) is 3. The van der Waals surface area contributed by atoms with Crippen LogP contribution in [0.15, 0.2) is 52.4 Å². The minimum absolute atomic E-state index is 0.170. The van der Waals surface area contributed by atoms with Gasteiger partial charge in [0.15, 0.2) is 11.0 Å². The third kappa shape index (κ3) is 4.76. The van der Waals surface area contributed by atoms with E-state index in [4.69, 9.17) is 16.3 Å². The Hall–Kier alpha value is -3.24. The number of benzene rings is 2. The predicted molar refractivity (Wildman–Crippen MR) is 127 cm³/mol. The van der Waals surface area contributed by atoms with E-state index in [0.717, 1.165) is 12.8 Å². The number of carbonyl (C=O) groups excluding carboxylic acids is 1. The molecule has 0 aliphatic heterocycles. The van der Waals surface area contributed by atoms with Crippen LogP contribution in [-0.4, -0.2) is 35.9 Å². The number of anilines is 1. The van der Waals surface area contributed by atoms with E-state index in [1.807, 2.05) is 25.1 Å². The number of H-pyrrole nitrogens is 2. The number of rotatable bonds is 8. The van der Waals surface area contributed by atoms with Crippen LogP contribution in [0.5, 0.6) is 5.75 Å². The summed E-state index contributed by atoms with van der Waals surface area (Å²) in [6, 6.07) is 12.8. The monoisotopic (exact) mass is 484 g/mol. The number of thioether (sulfide) groups is 1. The molecular formula is C22H21ClN6O3S. The molecule has 1 atom stereocenters. The van der Waals surface area contributed by atoms with Gasteiger partial charge in [0, 0.05) is 11.7 Å². The standard InChI is InChI=1S/C22H21ClN6O3S/c1-12(20(30)24-13-6-9-16-17(10-13)26-21(31)25-16)33-22-28-27-19(29(22)14-7-8-14)11-32-18-5-3-2-4-15(18)23/h2-6,9-10,12,14H,7-8,11H2,1H3,(H,24,30)(H2,25,26,31)/t12-/m0/s1. The number of nitrogens with zero attached hydrogens (tertiary/aromatic N) is 3. The van der Waals surface area contributed by atoms with Crippen LogP contribution < -0.4 is 15.7 Å². The van der Waals surface area contributed by atoms with Crippen LogP contribution in [0.1, 0.15) is 31.6 Å². The first-order valence-corrected chi connectivity index (χ1v) is 11.7. The third-order valence-electron chi connectivity index (χ3n) is 5.28. The maximum atomic E-state index is 12.8. The number of aromatic amines is 2. The first kappa shape index (κ1) is 21.6. The van der Waals surface area contributed by atoms with E-state index in [2.05, 4.69) is 30.0 Å². The fourth-order valence-corrected chi connectivity index (χ4v) is 4.58. The van der Waals surface area contributed by atoms with Gasteiger partial charge < -0.3 is 20.0 Å². The molecule has 1 saturated carbocycles. The molecule has 170 valence electrons. The predicted octanol–water partition coefficient (Wildman–Crippen LogP) is 4.13. The number of aromatic nitrogens is 5. The number of ether oxygens (including phenoxy) is 1. The second-order valence-corrected chi connectivity index (χ2v) is 9.52. The lowest BCUT2D eigenvalue weighted by molar-refractivity contribution is -0.115. The van der Waals surface area contributed by atoms with Crippen LogP contribution >= 0.6 is 23.4 Å². The van der Waals surface area contributed by atoms with E-state index in [1.165, 1.54) is 11.8 Å².